The van der Waals surface area contributed by atoms with Gasteiger partial charge in [-0.2, -0.15) is 0 Å². The zero-order valence-electron chi connectivity index (χ0n) is 7.42. The second-order valence-electron chi connectivity index (χ2n) is 3.00. The molecule has 0 saturated carbocycles. The molecule has 0 aliphatic carbocycles. The molecule has 14 heavy (non-hydrogen) atoms. The first-order valence-electron chi connectivity index (χ1n) is 4.22. The van der Waals surface area contributed by atoms with Crippen LogP contribution in [0.2, 0.25) is 0 Å². The van der Waals surface area contributed by atoms with Gasteiger partial charge in [0.2, 0.25) is 0 Å². The highest BCUT2D eigenvalue weighted by Gasteiger charge is 2.24. The molecule has 0 saturated heterocycles. The maximum atomic E-state index is 9.00. The number of hydrogen-bond acceptors (Lipinski definition) is 3. The van der Waals surface area contributed by atoms with E-state index in [-0.39, 0.29) is 5.84 Å². The first kappa shape index (κ1) is 8.68. The number of hydrogen-bond donors (Lipinski definition) is 1. The van der Waals surface area contributed by atoms with E-state index in [1.807, 2.05) is 12.1 Å². The Kier molecular flexibility index (Phi) is 2.14. The fraction of sp³-hybridized carbons (Fsp3) is 0.222. The minimum Gasteiger partial charge on any atom is -0.384 e. The largest absolute Gasteiger partial charge is 0.384 e. The molecule has 0 fully saturated rings. The van der Waals surface area contributed by atoms with Gasteiger partial charge in [-0.15, -0.1) is 5.41 Å². The van der Waals surface area contributed by atoms with Crippen molar-refractivity contribution in [3.05, 3.63) is 30.1 Å². The van der Waals surface area contributed by atoms with Gasteiger partial charge in [-0.3, -0.25) is 4.98 Å². The summed E-state index contributed by atoms with van der Waals surface area (Å²) in [5, 5.41) is 12.8. The highest BCUT2D eigenvalue weighted by Crippen LogP contribution is 2.15. The molecule has 1 aromatic rings. The quantitative estimate of drug-likeness (QED) is 0.513. The fourth-order valence-corrected chi connectivity index (χ4v) is 1.24. The van der Waals surface area contributed by atoms with Gasteiger partial charge < -0.3 is 10.6 Å². The number of pyridine rings is 1. The van der Waals surface area contributed by atoms with Crippen molar-refractivity contribution in [2.45, 2.75) is 12.5 Å². The molecule has 71 valence electrons. The summed E-state index contributed by atoms with van der Waals surface area (Å²) in [6.07, 6.45) is 3.33. The van der Waals surface area contributed by atoms with Gasteiger partial charge in [0.05, 0.1) is 5.71 Å². The van der Waals surface area contributed by atoms with Crippen molar-refractivity contribution in [1.29, 1.82) is 0 Å². The Balaban J connectivity index is 2.13. The van der Waals surface area contributed by atoms with Crippen molar-refractivity contribution in [3.8, 4) is 0 Å². The smallest absolute Gasteiger partial charge is 0.191 e. The zero-order chi connectivity index (χ0) is 9.97. The molecule has 0 amide bonds. The Bertz CT molecular complexity index is 374. The van der Waals surface area contributed by atoms with Crippen LogP contribution in [0.4, 0.5) is 0 Å². The van der Waals surface area contributed by atoms with Crippen molar-refractivity contribution >= 4 is 11.5 Å². The predicted molar refractivity (Wildman–Crippen MR) is 51.6 cm³/mol. The molecule has 2 rings (SSSR count). The van der Waals surface area contributed by atoms with Crippen LogP contribution in [-0.2, 0) is 4.84 Å². The Labute approximate surface area is 81.1 Å². The molecular formula is C9H9N4O. The third-order valence-electron chi connectivity index (χ3n) is 1.99. The van der Waals surface area contributed by atoms with Crippen molar-refractivity contribution < 1.29 is 4.84 Å². The first-order chi connectivity index (χ1) is 6.77. The standard InChI is InChI=1S/C9H9N4O/c10-9(11)8-4-7(13-14-8)6-2-1-3-12-5-6/h1-3,5,8H,4,10H2. The zero-order valence-corrected chi connectivity index (χ0v) is 7.42. The molecular weight excluding hydrogens is 180 g/mol. The molecule has 0 bridgehead atoms. The summed E-state index contributed by atoms with van der Waals surface area (Å²) < 4.78 is 0. The lowest BCUT2D eigenvalue weighted by atomic mass is 10.1. The Morgan fingerprint density at radius 3 is 3.07 bits per heavy atom. The van der Waals surface area contributed by atoms with Crippen LogP contribution in [0.15, 0.2) is 29.7 Å². The predicted octanol–water partition coefficient (Wildman–Crippen LogP) is -0.268. The summed E-state index contributed by atoms with van der Waals surface area (Å²) in [6, 6.07) is 3.70. The minimum absolute atomic E-state index is 0.243. The summed E-state index contributed by atoms with van der Waals surface area (Å²) >= 11 is 0. The van der Waals surface area contributed by atoms with Gasteiger partial charge in [-0.1, -0.05) is 5.16 Å². The van der Waals surface area contributed by atoms with E-state index in [4.69, 9.17) is 16.0 Å². The van der Waals surface area contributed by atoms with E-state index in [1.165, 1.54) is 0 Å². The van der Waals surface area contributed by atoms with Crippen LogP contribution in [0.3, 0.4) is 0 Å². The van der Waals surface area contributed by atoms with E-state index in [1.54, 1.807) is 12.4 Å². The first-order valence-corrected chi connectivity index (χ1v) is 4.22. The van der Waals surface area contributed by atoms with E-state index in [0.29, 0.717) is 6.42 Å². The fourth-order valence-electron chi connectivity index (χ4n) is 1.24. The summed E-state index contributed by atoms with van der Waals surface area (Å²) in [5.41, 5.74) is 6.83. The molecule has 2 heterocycles. The number of aromatic nitrogens is 1. The summed E-state index contributed by atoms with van der Waals surface area (Å²) in [5.74, 6) is -0.243. The van der Waals surface area contributed by atoms with Gasteiger partial charge in [0.15, 0.2) is 11.9 Å². The van der Waals surface area contributed by atoms with Crippen molar-refractivity contribution in [2.75, 3.05) is 0 Å². The lowest BCUT2D eigenvalue weighted by Crippen LogP contribution is -2.29. The maximum absolute atomic E-state index is 9.00. The number of amidine groups is 1. The van der Waals surface area contributed by atoms with Gasteiger partial charge in [-0.25, -0.2) is 0 Å². The summed E-state index contributed by atoms with van der Waals surface area (Å²) in [6.45, 7) is 0. The van der Waals surface area contributed by atoms with Crippen LogP contribution in [0.5, 0.6) is 0 Å². The van der Waals surface area contributed by atoms with Crippen LogP contribution in [0.25, 0.3) is 0 Å². The Hall–Kier alpha value is -1.91. The van der Waals surface area contributed by atoms with Gasteiger partial charge >= 0.3 is 0 Å². The Morgan fingerprint density at radius 2 is 2.50 bits per heavy atom. The maximum Gasteiger partial charge on any atom is 0.191 e. The van der Waals surface area contributed by atoms with Crippen molar-refractivity contribution in [3.63, 3.8) is 0 Å². The monoisotopic (exact) mass is 189 g/mol. The van der Waals surface area contributed by atoms with Gasteiger partial charge in [0.25, 0.3) is 0 Å². The average Bonchev–Trinajstić information content (AvgIpc) is 2.68. The lowest BCUT2D eigenvalue weighted by molar-refractivity contribution is 0.132. The molecule has 0 aromatic carbocycles. The van der Waals surface area contributed by atoms with Crippen molar-refractivity contribution in [1.82, 2.24) is 10.4 Å². The van der Waals surface area contributed by atoms with Crippen LogP contribution in [0.1, 0.15) is 12.0 Å². The van der Waals surface area contributed by atoms with E-state index >= 15 is 0 Å². The molecule has 1 aromatic heterocycles. The third kappa shape index (κ3) is 1.56. The normalized spacial score (nSPS) is 20.0. The van der Waals surface area contributed by atoms with E-state index in [0.717, 1.165) is 11.3 Å². The molecule has 1 radical (unpaired) electrons. The van der Waals surface area contributed by atoms with Crippen LogP contribution in [0, 0.1) is 0 Å². The SMILES string of the molecule is [N]=C(N)C1CC(c2cccnc2)=NO1. The number of oxime groups is 1. The van der Waals surface area contributed by atoms with Crippen molar-refractivity contribution in [2.24, 2.45) is 10.9 Å². The molecule has 1 aliphatic heterocycles. The second-order valence-corrected chi connectivity index (χ2v) is 3.00. The molecule has 5 nitrogen and oxygen atoms in total. The molecule has 2 N–H and O–H groups in total. The van der Waals surface area contributed by atoms with Gasteiger partial charge in [0.1, 0.15) is 0 Å². The minimum atomic E-state index is -0.523. The van der Waals surface area contributed by atoms with Crippen LogP contribution in [-0.4, -0.2) is 22.6 Å². The number of nitrogens with zero attached hydrogens (tertiary/aromatic N) is 3. The average molecular weight is 189 g/mol. The second kappa shape index (κ2) is 3.45. The molecule has 1 aliphatic rings. The lowest BCUT2D eigenvalue weighted by Gasteiger charge is -2.02. The van der Waals surface area contributed by atoms with E-state index in [2.05, 4.69) is 10.1 Å². The van der Waals surface area contributed by atoms with Crippen LogP contribution >= 0.6 is 0 Å². The molecule has 1 atom stereocenters. The Morgan fingerprint density at radius 1 is 1.64 bits per heavy atom. The molecule has 1 unspecified atom stereocenters. The summed E-state index contributed by atoms with van der Waals surface area (Å²) in [4.78, 5) is 8.89. The molecule has 0 spiro atoms. The number of rotatable bonds is 2. The van der Waals surface area contributed by atoms with Crippen LogP contribution < -0.4 is 11.1 Å². The van der Waals surface area contributed by atoms with Gasteiger partial charge in [-0.05, 0) is 12.1 Å². The van der Waals surface area contributed by atoms with E-state index < -0.39 is 6.10 Å². The topological polar surface area (TPSA) is 82.8 Å². The number of nitrogens with two attached hydrogens (primary N) is 1. The highest BCUT2D eigenvalue weighted by molar-refractivity contribution is 6.04. The third-order valence-corrected chi connectivity index (χ3v) is 1.99. The molecule has 5 heteroatoms. The van der Waals surface area contributed by atoms with E-state index in [9.17, 15) is 0 Å². The highest BCUT2D eigenvalue weighted by atomic mass is 16.6. The summed E-state index contributed by atoms with van der Waals surface area (Å²) in [7, 11) is 0. The van der Waals surface area contributed by atoms with Gasteiger partial charge in [0, 0.05) is 24.4 Å².